The van der Waals surface area contributed by atoms with Gasteiger partial charge in [0.05, 0.1) is 13.2 Å². The van der Waals surface area contributed by atoms with E-state index in [4.69, 9.17) is 4.74 Å². The Labute approximate surface area is 127 Å². The van der Waals surface area contributed by atoms with E-state index in [0.717, 1.165) is 29.8 Å². The SMILES string of the molecule is CSC(CO)C(C)NCc1cc(Br)cc2c1OCC2. The number of benzene rings is 1. The van der Waals surface area contributed by atoms with Crippen molar-refractivity contribution in [2.45, 2.75) is 31.2 Å². The van der Waals surface area contributed by atoms with E-state index in [1.165, 1.54) is 11.1 Å². The highest BCUT2D eigenvalue weighted by atomic mass is 79.9. The fourth-order valence-corrected chi connectivity index (χ4v) is 3.52. The molecule has 2 atom stereocenters. The molecule has 0 fully saturated rings. The molecule has 0 bridgehead atoms. The van der Waals surface area contributed by atoms with Crippen LogP contribution in [0.4, 0.5) is 0 Å². The Morgan fingerprint density at radius 1 is 1.53 bits per heavy atom. The number of ether oxygens (including phenoxy) is 1. The Kier molecular flexibility index (Phi) is 5.57. The minimum Gasteiger partial charge on any atom is -0.493 e. The summed E-state index contributed by atoms with van der Waals surface area (Å²) >= 11 is 5.24. The van der Waals surface area contributed by atoms with Crippen LogP contribution < -0.4 is 10.1 Å². The van der Waals surface area contributed by atoms with E-state index in [1.807, 2.05) is 6.26 Å². The van der Waals surface area contributed by atoms with Crippen molar-refractivity contribution in [2.75, 3.05) is 19.5 Å². The smallest absolute Gasteiger partial charge is 0.127 e. The lowest BCUT2D eigenvalue weighted by atomic mass is 10.1. The molecule has 2 unspecified atom stereocenters. The van der Waals surface area contributed by atoms with Crippen molar-refractivity contribution in [2.24, 2.45) is 0 Å². The summed E-state index contributed by atoms with van der Waals surface area (Å²) in [5, 5.41) is 13.0. The maximum atomic E-state index is 9.30. The monoisotopic (exact) mass is 345 g/mol. The van der Waals surface area contributed by atoms with Gasteiger partial charge in [0.15, 0.2) is 0 Å². The first-order valence-electron chi connectivity index (χ1n) is 6.46. The van der Waals surface area contributed by atoms with Crippen LogP contribution in [0.25, 0.3) is 0 Å². The third kappa shape index (κ3) is 3.66. The second-order valence-electron chi connectivity index (χ2n) is 4.78. The number of hydrogen-bond donors (Lipinski definition) is 2. The zero-order valence-corrected chi connectivity index (χ0v) is 13.7. The highest BCUT2D eigenvalue weighted by Crippen LogP contribution is 2.33. The summed E-state index contributed by atoms with van der Waals surface area (Å²) in [6, 6.07) is 4.50. The van der Waals surface area contributed by atoms with Crippen molar-refractivity contribution in [1.82, 2.24) is 5.32 Å². The van der Waals surface area contributed by atoms with Gasteiger partial charge in [-0.3, -0.25) is 0 Å². The molecular formula is C14H20BrNO2S. The first kappa shape index (κ1) is 15.2. The molecule has 2 N–H and O–H groups in total. The Morgan fingerprint density at radius 3 is 3.00 bits per heavy atom. The highest BCUT2D eigenvalue weighted by Gasteiger charge is 2.19. The van der Waals surface area contributed by atoms with Gasteiger partial charge in [-0.1, -0.05) is 15.9 Å². The predicted octanol–water partition coefficient (Wildman–Crippen LogP) is 2.59. The van der Waals surface area contributed by atoms with Crippen molar-refractivity contribution < 1.29 is 9.84 Å². The van der Waals surface area contributed by atoms with E-state index in [0.29, 0.717) is 0 Å². The summed E-state index contributed by atoms with van der Waals surface area (Å²) in [4.78, 5) is 0. The van der Waals surface area contributed by atoms with E-state index < -0.39 is 0 Å². The first-order chi connectivity index (χ1) is 9.15. The summed E-state index contributed by atoms with van der Waals surface area (Å²) in [5.74, 6) is 1.03. The van der Waals surface area contributed by atoms with Gasteiger partial charge in [0.2, 0.25) is 0 Å². The Bertz CT molecular complexity index is 438. The molecule has 1 aromatic carbocycles. The molecule has 0 aliphatic carbocycles. The average molecular weight is 346 g/mol. The van der Waals surface area contributed by atoms with Gasteiger partial charge in [-0.25, -0.2) is 0 Å². The standard InChI is InChI=1S/C14H20BrNO2S/c1-9(13(8-17)19-2)16-7-11-6-12(15)5-10-3-4-18-14(10)11/h5-6,9,13,16-17H,3-4,7-8H2,1-2H3. The summed E-state index contributed by atoms with van der Waals surface area (Å²) in [6.45, 7) is 3.84. The molecule has 1 aromatic rings. The summed E-state index contributed by atoms with van der Waals surface area (Å²) in [7, 11) is 0. The van der Waals surface area contributed by atoms with Gasteiger partial charge >= 0.3 is 0 Å². The predicted molar refractivity (Wildman–Crippen MR) is 84.0 cm³/mol. The highest BCUT2D eigenvalue weighted by molar-refractivity contribution is 9.10. The zero-order chi connectivity index (χ0) is 13.8. The minimum atomic E-state index is 0.197. The van der Waals surface area contributed by atoms with Crippen molar-refractivity contribution in [3.05, 3.63) is 27.7 Å². The van der Waals surface area contributed by atoms with Gasteiger partial charge in [-0.2, -0.15) is 11.8 Å². The van der Waals surface area contributed by atoms with E-state index >= 15 is 0 Å². The molecule has 0 saturated heterocycles. The molecular weight excluding hydrogens is 326 g/mol. The van der Waals surface area contributed by atoms with Crippen molar-refractivity contribution in [1.29, 1.82) is 0 Å². The molecule has 0 aromatic heterocycles. The lowest BCUT2D eigenvalue weighted by Crippen LogP contribution is -2.37. The summed E-state index contributed by atoms with van der Waals surface area (Å²) < 4.78 is 6.82. The fraction of sp³-hybridized carbons (Fsp3) is 0.571. The lowest BCUT2D eigenvalue weighted by Gasteiger charge is -2.22. The number of nitrogens with one attached hydrogen (secondary N) is 1. The van der Waals surface area contributed by atoms with E-state index in [9.17, 15) is 5.11 Å². The number of aliphatic hydroxyl groups excluding tert-OH is 1. The van der Waals surface area contributed by atoms with Crippen molar-refractivity contribution in [3.63, 3.8) is 0 Å². The number of halogens is 1. The molecule has 1 heterocycles. The largest absolute Gasteiger partial charge is 0.493 e. The van der Waals surface area contributed by atoms with Crippen LogP contribution in [0, 0.1) is 0 Å². The van der Waals surface area contributed by atoms with Crippen molar-refractivity contribution in [3.8, 4) is 5.75 Å². The van der Waals surface area contributed by atoms with Gasteiger partial charge in [-0.05, 0) is 30.9 Å². The van der Waals surface area contributed by atoms with Crippen LogP contribution >= 0.6 is 27.7 Å². The van der Waals surface area contributed by atoms with Crippen LogP contribution in [0.5, 0.6) is 5.75 Å². The van der Waals surface area contributed by atoms with Crippen LogP contribution in [-0.2, 0) is 13.0 Å². The van der Waals surface area contributed by atoms with Gasteiger partial charge in [0, 0.05) is 34.3 Å². The zero-order valence-electron chi connectivity index (χ0n) is 11.3. The average Bonchev–Trinajstić information content (AvgIpc) is 2.85. The van der Waals surface area contributed by atoms with Crippen molar-refractivity contribution >= 4 is 27.7 Å². The Morgan fingerprint density at radius 2 is 2.32 bits per heavy atom. The number of aliphatic hydroxyl groups is 1. The number of fused-ring (bicyclic) bond motifs is 1. The molecule has 2 rings (SSSR count). The van der Waals surface area contributed by atoms with E-state index in [2.05, 4.69) is 40.3 Å². The van der Waals surface area contributed by atoms with Crippen LogP contribution in [0.2, 0.25) is 0 Å². The van der Waals surface area contributed by atoms with Gasteiger partial charge < -0.3 is 15.2 Å². The maximum absolute atomic E-state index is 9.30. The number of thioether (sulfide) groups is 1. The second-order valence-corrected chi connectivity index (χ2v) is 6.77. The summed E-state index contributed by atoms with van der Waals surface area (Å²) in [6.07, 6.45) is 3.01. The van der Waals surface area contributed by atoms with Crippen LogP contribution in [0.1, 0.15) is 18.1 Å². The molecule has 1 aliphatic rings. The number of rotatable bonds is 6. The molecule has 1 aliphatic heterocycles. The molecule has 0 saturated carbocycles. The molecule has 0 spiro atoms. The quantitative estimate of drug-likeness (QED) is 0.831. The second kappa shape index (κ2) is 6.97. The molecule has 3 nitrogen and oxygen atoms in total. The maximum Gasteiger partial charge on any atom is 0.127 e. The van der Waals surface area contributed by atoms with Crippen LogP contribution in [0.3, 0.4) is 0 Å². The van der Waals surface area contributed by atoms with E-state index in [-0.39, 0.29) is 17.9 Å². The minimum absolute atomic E-state index is 0.197. The summed E-state index contributed by atoms with van der Waals surface area (Å²) in [5.41, 5.74) is 2.47. The fourth-order valence-electron chi connectivity index (χ4n) is 2.32. The normalized spacial score (nSPS) is 16.8. The topological polar surface area (TPSA) is 41.5 Å². The molecule has 5 heteroatoms. The Hall–Kier alpha value is -0.230. The van der Waals surface area contributed by atoms with E-state index in [1.54, 1.807) is 11.8 Å². The van der Waals surface area contributed by atoms with Crippen LogP contribution in [0.15, 0.2) is 16.6 Å². The molecule has 0 radical (unpaired) electrons. The third-order valence-corrected chi connectivity index (χ3v) is 5.10. The van der Waals surface area contributed by atoms with Gasteiger partial charge in [0.1, 0.15) is 5.75 Å². The van der Waals surface area contributed by atoms with Gasteiger partial charge in [0.25, 0.3) is 0 Å². The molecule has 106 valence electrons. The Balaban J connectivity index is 2.04. The molecule has 19 heavy (non-hydrogen) atoms. The van der Waals surface area contributed by atoms with Gasteiger partial charge in [-0.15, -0.1) is 0 Å². The third-order valence-electron chi connectivity index (χ3n) is 3.48. The first-order valence-corrected chi connectivity index (χ1v) is 8.55. The van der Waals surface area contributed by atoms with Crippen LogP contribution in [-0.4, -0.2) is 35.9 Å². The lowest BCUT2D eigenvalue weighted by molar-refractivity contribution is 0.275. The number of hydrogen-bond acceptors (Lipinski definition) is 4. The molecule has 0 amide bonds.